The minimum Gasteiger partial charge on any atom is -0.497 e. The lowest BCUT2D eigenvalue weighted by molar-refractivity contribution is 0.414. The average molecular weight is 346 g/mol. The fourth-order valence-electron chi connectivity index (χ4n) is 3.23. The molecular weight excluding hydrogens is 324 g/mol. The number of benzene rings is 2. The minimum absolute atomic E-state index is 0.650. The Bertz CT molecular complexity index is 879. The van der Waals surface area contributed by atoms with E-state index in [-0.39, 0.29) is 0 Å². The number of ether oxygens (including phenoxy) is 1. The van der Waals surface area contributed by atoms with Crippen LogP contribution in [0.4, 0.5) is 11.8 Å². The first-order valence-corrected chi connectivity index (χ1v) is 8.83. The number of nitrogens with zero attached hydrogens (tertiary/aromatic N) is 3. The summed E-state index contributed by atoms with van der Waals surface area (Å²) >= 11 is 0. The number of hydrogen-bond acceptors (Lipinski definition) is 5. The number of hydrogen-bond donors (Lipinski definition) is 1. The summed E-state index contributed by atoms with van der Waals surface area (Å²) in [5.74, 6) is 2.47. The highest BCUT2D eigenvalue weighted by atomic mass is 16.5. The van der Waals surface area contributed by atoms with Crippen LogP contribution in [0.5, 0.6) is 5.75 Å². The second-order valence-electron chi connectivity index (χ2n) is 6.38. The summed E-state index contributed by atoms with van der Waals surface area (Å²) in [6.07, 6.45) is 2.87. The van der Waals surface area contributed by atoms with Crippen LogP contribution in [0.25, 0.3) is 0 Å². The van der Waals surface area contributed by atoms with Crippen molar-refractivity contribution in [2.24, 2.45) is 0 Å². The maximum absolute atomic E-state index is 5.19. The summed E-state index contributed by atoms with van der Waals surface area (Å²) in [7, 11) is 1.67. The zero-order chi connectivity index (χ0) is 17.8. The van der Waals surface area contributed by atoms with Crippen molar-refractivity contribution >= 4 is 11.8 Å². The molecule has 0 atom stereocenters. The Morgan fingerprint density at radius 2 is 1.85 bits per heavy atom. The van der Waals surface area contributed by atoms with Crippen molar-refractivity contribution in [2.45, 2.75) is 19.5 Å². The molecule has 0 radical (unpaired) electrons. The SMILES string of the molecule is COc1ccc(CNc2nccc(N3CCc4ccccc4C3)n2)cc1. The molecule has 4 rings (SSSR count). The van der Waals surface area contributed by atoms with Gasteiger partial charge in [-0.1, -0.05) is 36.4 Å². The molecule has 0 fully saturated rings. The van der Waals surface area contributed by atoms with E-state index >= 15 is 0 Å². The van der Waals surface area contributed by atoms with Crippen LogP contribution in [0.3, 0.4) is 0 Å². The molecule has 0 unspecified atom stereocenters. The monoisotopic (exact) mass is 346 g/mol. The van der Waals surface area contributed by atoms with Crippen molar-refractivity contribution in [3.8, 4) is 5.75 Å². The number of methoxy groups -OCH3 is 1. The van der Waals surface area contributed by atoms with Crippen molar-refractivity contribution < 1.29 is 4.74 Å². The van der Waals surface area contributed by atoms with E-state index in [0.717, 1.165) is 36.6 Å². The van der Waals surface area contributed by atoms with E-state index in [9.17, 15) is 0 Å². The third-order valence-electron chi connectivity index (χ3n) is 4.71. The van der Waals surface area contributed by atoms with Crippen LogP contribution in [0.2, 0.25) is 0 Å². The molecule has 5 heteroatoms. The summed E-state index contributed by atoms with van der Waals surface area (Å²) in [5, 5.41) is 3.31. The molecule has 2 heterocycles. The van der Waals surface area contributed by atoms with Crippen LogP contribution in [-0.4, -0.2) is 23.6 Å². The van der Waals surface area contributed by atoms with Gasteiger partial charge in [-0.15, -0.1) is 0 Å². The van der Waals surface area contributed by atoms with Gasteiger partial charge in [-0.25, -0.2) is 4.98 Å². The van der Waals surface area contributed by atoms with Gasteiger partial charge in [0, 0.05) is 25.8 Å². The number of aromatic nitrogens is 2. The van der Waals surface area contributed by atoms with Crippen LogP contribution in [-0.2, 0) is 19.5 Å². The van der Waals surface area contributed by atoms with Crippen molar-refractivity contribution in [3.63, 3.8) is 0 Å². The van der Waals surface area contributed by atoms with Crippen molar-refractivity contribution in [2.75, 3.05) is 23.9 Å². The van der Waals surface area contributed by atoms with Gasteiger partial charge in [0.25, 0.3) is 0 Å². The molecule has 0 saturated carbocycles. The van der Waals surface area contributed by atoms with Gasteiger partial charge in [-0.3, -0.25) is 0 Å². The topological polar surface area (TPSA) is 50.3 Å². The molecule has 0 amide bonds. The smallest absolute Gasteiger partial charge is 0.224 e. The van der Waals surface area contributed by atoms with Gasteiger partial charge < -0.3 is 15.0 Å². The van der Waals surface area contributed by atoms with Crippen molar-refractivity contribution in [3.05, 3.63) is 77.5 Å². The Kier molecular flexibility index (Phi) is 4.69. The van der Waals surface area contributed by atoms with Crippen molar-refractivity contribution in [1.29, 1.82) is 0 Å². The molecule has 1 aliphatic heterocycles. The van der Waals surface area contributed by atoms with E-state index in [0.29, 0.717) is 12.5 Å². The fourth-order valence-corrected chi connectivity index (χ4v) is 3.23. The van der Waals surface area contributed by atoms with Gasteiger partial charge in [-0.2, -0.15) is 4.98 Å². The molecule has 2 aromatic carbocycles. The predicted molar refractivity (Wildman–Crippen MR) is 104 cm³/mol. The first kappa shape index (κ1) is 16.4. The predicted octanol–water partition coefficient (Wildman–Crippen LogP) is 3.66. The number of nitrogens with one attached hydrogen (secondary N) is 1. The van der Waals surface area contributed by atoms with Gasteiger partial charge in [0.2, 0.25) is 5.95 Å². The maximum atomic E-state index is 5.19. The Hall–Kier alpha value is -3.08. The third kappa shape index (κ3) is 3.61. The minimum atomic E-state index is 0.650. The zero-order valence-corrected chi connectivity index (χ0v) is 14.9. The molecule has 0 aliphatic carbocycles. The van der Waals surface area contributed by atoms with Gasteiger partial charge in [0.1, 0.15) is 11.6 Å². The van der Waals surface area contributed by atoms with Gasteiger partial charge in [0.15, 0.2) is 0 Å². The van der Waals surface area contributed by atoms with E-state index in [2.05, 4.69) is 39.5 Å². The lowest BCUT2D eigenvalue weighted by Gasteiger charge is -2.29. The highest BCUT2D eigenvalue weighted by molar-refractivity contribution is 5.46. The molecule has 0 bridgehead atoms. The molecule has 5 nitrogen and oxygen atoms in total. The normalized spacial score (nSPS) is 13.2. The second-order valence-corrected chi connectivity index (χ2v) is 6.38. The summed E-state index contributed by atoms with van der Waals surface area (Å²) in [4.78, 5) is 11.4. The van der Waals surface area contributed by atoms with Gasteiger partial charge >= 0.3 is 0 Å². The lowest BCUT2D eigenvalue weighted by atomic mass is 10.00. The fraction of sp³-hybridized carbons (Fsp3) is 0.238. The third-order valence-corrected chi connectivity index (χ3v) is 4.71. The summed E-state index contributed by atoms with van der Waals surface area (Å²) in [6.45, 7) is 2.55. The Labute approximate surface area is 153 Å². The van der Waals surface area contributed by atoms with E-state index < -0.39 is 0 Å². The average Bonchev–Trinajstić information content (AvgIpc) is 2.72. The molecule has 0 spiro atoms. The molecule has 132 valence electrons. The molecular formula is C21H22N4O. The lowest BCUT2D eigenvalue weighted by Crippen LogP contribution is -2.31. The van der Waals surface area contributed by atoms with Crippen molar-refractivity contribution in [1.82, 2.24) is 9.97 Å². The number of fused-ring (bicyclic) bond motifs is 1. The second kappa shape index (κ2) is 7.44. The highest BCUT2D eigenvalue weighted by Crippen LogP contribution is 2.23. The van der Waals surface area contributed by atoms with E-state index in [1.54, 1.807) is 7.11 Å². The first-order valence-electron chi connectivity index (χ1n) is 8.83. The van der Waals surface area contributed by atoms with Crippen LogP contribution >= 0.6 is 0 Å². The molecule has 1 aromatic heterocycles. The quantitative estimate of drug-likeness (QED) is 0.764. The molecule has 1 aliphatic rings. The Morgan fingerprint density at radius 3 is 2.65 bits per heavy atom. The van der Waals surface area contributed by atoms with E-state index in [1.165, 1.54) is 11.1 Å². The summed E-state index contributed by atoms with van der Waals surface area (Å²) < 4.78 is 5.19. The number of anilines is 2. The maximum Gasteiger partial charge on any atom is 0.224 e. The molecule has 1 N–H and O–H groups in total. The van der Waals surface area contributed by atoms with Crippen LogP contribution in [0.15, 0.2) is 60.8 Å². The van der Waals surface area contributed by atoms with Gasteiger partial charge in [0.05, 0.1) is 7.11 Å². The molecule has 0 saturated heterocycles. The number of rotatable bonds is 5. The van der Waals surface area contributed by atoms with E-state index in [4.69, 9.17) is 9.72 Å². The van der Waals surface area contributed by atoms with E-state index in [1.807, 2.05) is 36.5 Å². The summed E-state index contributed by atoms with van der Waals surface area (Å²) in [5.41, 5.74) is 3.98. The van der Waals surface area contributed by atoms with Crippen LogP contribution in [0.1, 0.15) is 16.7 Å². The molecule has 26 heavy (non-hydrogen) atoms. The Morgan fingerprint density at radius 1 is 1.04 bits per heavy atom. The van der Waals surface area contributed by atoms with Crippen LogP contribution in [0, 0.1) is 0 Å². The van der Waals surface area contributed by atoms with Gasteiger partial charge in [-0.05, 0) is 41.3 Å². The highest BCUT2D eigenvalue weighted by Gasteiger charge is 2.17. The summed E-state index contributed by atoms with van der Waals surface area (Å²) in [6, 6.07) is 18.6. The first-order chi connectivity index (χ1) is 12.8. The largest absolute Gasteiger partial charge is 0.497 e. The molecule has 3 aromatic rings. The standard InChI is InChI=1S/C21H22N4O/c1-26-19-8-6-16(7-9-19)14-23-21-22-12-10-20(24-21)25-13-11-17-4-2-3-5-18(17)15-25/h2-10,12H,11,13-15H2,1H3,(H,22,23,24). The Balaban J connectivity index is 1.43. The van der Waals surface area contributed by atoms with Crippen LogP contribution < -0.4 is 15.0 Å². The zero-order valence-electron chi connectivity index (χ0n) is 14.9.